The summed E-state index contributed by atoms with van der Waals surface area (Å²) in [7, 11) is -2.74. The van der Waals surface area contributed by atoms with Crippen molar-refractivity contribution in [3.05, 3.63) is 35.9 Å². The number of nitrogens with one attached hydrogen (secondary N) is 2. The number of benzene rings is 1. The van der Waals surface area contributed by atoms with Crippen molar-refractivity contribution in [3.8, 4) is 0 Å². The van der Waals surface area contributed by atoms with Gasteiger partial charge in [-0.1, -0.05) is 49.6 Å². The Kier molecular flexibility index (Phi) is 13.5. The van der Waals surface area contributed by atoms with Crippen molar-refractivity contribution in [1.82, 2.24) is 15.8 Å². The van der Waals surface area contributed by atoms with Crippen molar-refractivity contribution in [3.63, 3.8) is 0 Å². The molecule has 0 saturated heterocycles. The Morgan fingerprint density at radius 1 is 0.860 bits per heavy atom. The number of carbonyl (C=O) groups excluding carboxylic acids is 2. The molecular weight excluding hydrogens is 562 g/mol. The number of hydrogen-bond acceptors (Lipinski definition) is 7. The van der Waals surface area contributed by atoms with Gasteiger partial charge in [0.25, 0.3) is 0 Å². The van der Waals surface area contributed by atoms with Gasteiger partial charge in [0.1, 0.15) is 11.2 Å². The Morgan fingerprint density at radius 3 is 1.95 bits per heavy atom. The van der Waals surface area contributed by atoms with Gasteiger partial charge in [-0.25, -0.2) is 14.6 Å². The zero-order valence-electron chi connectivity index (χ0n) is 28.7. The maximum absolute atomic E-state index is 13.2. The van der Waals surface area contributed by atoms with E-state index in [9.17, 15) is 9.59 Å². The van der Waals surface area contributed by atoms with Crippen LogP contribution >= 0.6 is 0 Å². The molecule has 0 aliphatic heterocycles. The molecule has 1 aliphatic carbocycles. The van der Waals surface area contributed by atoms with Gasteiger partial charge < -0.3 is 23.6 Å². The Hall–Kier alpha value is -2.14. The molecule has 0 radical (unpaired) electrons. The summed E-state index contributed by atoms with van der Waals surface area (Å²) in [5.41, 5.74) is 2.36. The van der Waals surface area contributed by atoms with Crippen LogP contribution in [0.25, 0.3) is 0 Å². The molecule has 0 heterocycles. The van der Waals surface area contributed by atoms with Crippen LogP contribution in [0.15, 0.2) is 30.3 Å². The lowest BCUT2D eigenvalue weighted by Crippen LogP contribution is -2.59. The number of rotatable bonds is 12. The Bertz CT molecular complexity index is 995. The van der Waals surface area contributed by atoms with E-state index >= 15 is 0 Å². The van der Waals surface area contributed by atoms with Crippen LogP contribution in [-0.2, 0) is 24.7 Å². The average molecular weight is 622 g/mol. The molecule has 1 aliphatic rings. The quantitative estimate of drug-likeness (QED) is 0.186. The lowest BCUT2D eigenvalue weighted by Gasteiger charge is -2.40. The number of ether oxygens (including phenoxy) is 2. The smallest absolute Gasteiger partial charge is 0.422 e. The molecule has 10 heteroatoms. The second-order valence-corrected chi connectivity index (χ2v) is 18.5. The molecule has 1 aromatic carbocycles. The highest BCUT2D eigenvalue weighted by molar-refractivity contribution is 6.64. The van der Waals surface area contributed by atoms with Gasteiger partial charge >= 0.3 is 20.7 Å². The minimum atomic E-state index is -2.74. The summed E-state index contributed by atoms with van der Waals surface area (Å²) in [6.07, 6.45) is 4.77. The van der Waals surface area contributed by atoms with E-state index in [1.54, 1.807) is 0 Å². The van der Waals surface area contributed by atoms with E-state index in [4.69, 9.17) is 18.3 Å². The van der Waals surface area contributed by atoms with Crippen LogP contribution in [-0.4, -0.2) is 67.8 Å². The first-order valence-electron chi connectivity index (χ1n) is 15.9. The van der Waals surface area contributed by atoms with Crippen LogP contribution in [0, 0.1) is 5.92 Å². The molecule has 2 N–H and O–H groups in total. The maximum atomic E-state index is 13.2. The summed E-state index contributed by atoms with van der Waals surface area (Å²) in [6.45, 7) is 22.1. The molecule has 2 unspecified atom stereocenters. The largest absolute Gasteiger partial charge is 0.444 e. The highest BCUT2D eigenvalue weighted by Crippen LogP contribution is 2.26. The van der Waals surface area contributed by atoms with Gasteiger partial charge in [-0.3, -0.25) is 5.43 Å². The normalized spacial score (nSPS) is 16.8. The Labute approximate surface area is 262 Å². The van der Waals surface area contributed by atoms with Crippen LogP contribution in [0.4, 0.5) is 9.59 Å². The van der Waals surface area contributed by atoms with Crippen molar-refractivity contribution in [1.29, 1.82) is 0 Å². The van der Waals surface area contributed by atoms with E-state index in [2.05, 4.69) is 10.7 Å². The van der Waals surface area contributed by atoms with Crippen molar-refractivity contribution >= 4 is 20.7 Å². The van der Waals surface area contributed by atoms with Gasteiger partial charge in [0, 0.05) is 13.1 Å². The van der Waals surface area contributed by atoms with Crippen molar-refractivity contribution in [2.45, 2.75) is 143 Å². The fourth-order valence-electron chi connectivity index (χ4n) is 5.47. The van der Waals surface area contributed by atoms with Crippen LogP contribution in [0.1, 0.15) is 100.0 Å². The number of hydrazine groups is 1. The number of hydrogen-bond donors (Lipinski definition) is 2. The summed E-state index contributed by atoms with van der Waals surface area (Å²) >= 11 is 0. The lowest BCUT2D eigenvalue weighted by atomic mass is 9.89. The first-order chi connectivity index (χ1) is 19.7. The number of nitrogens with zero attached hydrogens (tertiary/aromatic N) is 1. The maximum Gasteiger partial charge on any atom is 0.422 e. The highest BCUT2D eigenvalue weighted by Gasteiger charge is 2.39. The van der Waals surface area contributed by atoms with E-state index in [1.165, 1.54) is 19.3 Å². The van der Waals surface area contributed by atoms with E-state index in [-0.39, 0.29) is 0 Å². The number of alkyl carbamates (subject to hydrolysis) is 1. The van der Waals surface area contributed by atoms with E-state index in [1.807, 2.05) is 111 Å². The molecule has 1 saturated carbocycles. The summed E-state index contributed by atoms with van der Waals surface area (Å²) in [6, 6.07) is 9.54. The van der Waals surface area contributed by atoms with E-state index in [0.717, 1.165) is 18.4 Å². The Balaban J connectivity index is 2.48. The van der Waals surface area contributed by atoms with Gasteiger partial charge in [-0.05, 0) is 106 Å². The molecule has 1 fully saturated rings. The summed E-state index contributed by atoms with van der Waals surface area (Å²) in [5.74, 6) is 0.437. The van der Waals surface area contributed by atoms with Crippen LogP contribution < -0.4 is 10.7 Å². The minimum absolute atomic E-state index is 0.326. The molecule has 43 heavy (non-hydrogen) atoms. The molecule has 2 atom stereocenters. The molecule has 2 amide bonds. The standard InChI is InChI=1S/C33H59N3O6Si/c1-31(2,3)39-29(37)34-27(22-25-18-14-12-15-19-25)28(41-43(10,11)42-33(7,8)9)24-36(23-26-20-16-13-17-21-26)35-30(38)40-32(4,5)6/h12,14-15,18-19,26-28H,13,16-17,20-24H2,1-11H3,(H,34,37)(H,35,38). The van der Waals surface area contributed by atoms with Gasteiger partial charge in [0.15, 0.2) is 0 Å². The fraction of sp³-hybridized carbons (Fsp3) is 0.758. The first-order valence-corrected chi connectivity index (χ1v) is 18.7. The number of amides is 2. The molecule has 246 valence electrons. The van der Waals surface area contributed by atoms with Crippen LogP contribution in [0.5, 0.6) is 0 Å². The van der Waals surface area contributed by atoms with E-state index < -0.39 is 49.7 Å². The zero-order valence-corrected chi connectivity index (χ0v) is 29.7. The van der Waals surface area contributed by atoms with Gasteiger partial charge in [-0.15, -0.1) is 0 Å². The molecule has 0 bridgehead atoms. The van der Waals surface area contributed by atoms with Gasteiger partial charge in [-0.2, -0.15) is 0 Å². The lowest BCUT2D eigenvalue weighted by molar-refractivity contribution is -0.00578. The van der Waals surface area contributed by atoms with Crippen LogP contribution in [0.2, 0.25) is 13.1 Å². The molecule has 2 rings (SSSR count). The molecule has 1 aromatic rings. The van der Waals surface area contributed by atoms with Gasteiger partial charge in [0.05, 0.1) is 17.7 Å². The Morgan fingerprint density at radius 2 is 1.42 bits per heavy atom. The fourth-order valence-corrected chi connectivity index (χ4v) is 7.96. The topological polar surface area (TPSA) is 98.4 Å². The number of carbonyl (C=O) groups is 2. The predicted octanol–water partition coefficient (Wildman–Crippen LogP) is 7.35. The molecule has 9 nitrogen and oxygen atoms in total. The summed E-state index contributed by atoms with van der Waals surface area (Å²) in [4.78, 5) is 26.2. The average Bonchev–Trinajstić information content (AvgIpc) is 2.80. The third-order valence-corrected chi connectivity index (χ3v) is 8.66. The second-order valence-electron chi connectivity index (χ2n) is 15.2. The van der Waals surface area contributed by atoms with Crippen LogP contribution in [0.3, 0.4) is 0 Å². The predicted molar refractivity (Wildman–Crippen MR) is 174 cm³/mol. The first kappa shape index (κ1) is 37.0. The molecular formula is C33H59N3O6Si. The van der Waals surface area contributed by atoms with Crippen molar-refractivity contribution < 1.29 is 27.9 Å². The zero-order chi connectivity index (χ0) is 32.5. The molecule has 0 aromatic heterocycles. The second kappa shape index (κ2) is 15.7. The highest BCUT2D eigenvalue weighted by atomic mass is 28.4. The third-order valence-electron chi connectivity index (χ3n) is 6.69. The van der Waals surface area contributed by atoms with Crippen molar-refractivity contribution in [2.24, 2.45) is 5.92 Å². The minimum Gasteiger partial charge on any atom is -0.444 e. The third kappa shape index (κ3) is 16.5. The SMILES string of the molecule is CC(C)(C)OC(=O)NC(Cc1ccccc1)C(CN(CC1CCCCC1)NC(=O)OC(C)(C)C)O[Si](C)(C)OC(C)(C)C. The van der Waals surface area contributed by atoms with E-state index in [0.29, 0.717) is 25.4 Å². The summed E-state index contributed by atoms with van der Waals surface area (Å²) < 4.78 is 24.7. The monoisotopic (exact) mass is 621 g/mol. The molecule has 0 spiro atoms. The summed E-state index contributed by atoms with van der Waals surface area (Å²) in [5, 5.41) is 5.04. The van der Waals surface area contributed by atoms with Gasteiger partial charge in [0.2, 0.25) is 0 Å². The van der Waals surface area contributed by atoms with Crippen molar-refractivity contribution in [2.75, 3.05) is 13.1 Å².